The number of rotatable bonds is 2. The maximum atomic E-state index is 12.2. The van der Waals surface area contributed by atoms with E-state index in [1.54, 1.807) is 6.07 Å². The average Bonchev–Trinajstić information content (AvgIpc) is 2.71. The molecule has 0 aliphatic heterocycles. The number of hydrogen-bond acceptors (Lipinski definition) is 2. The molecule has 2 aromatic carbocycles. The van der Waals surface area contributed by atoms with Gasteiger partial charge in [-0.25, -0.2) is 0 Å². The number of benzene rings is 2. The number of nitrogens with zero attached hydrogens (tertiary/aromatic N) is 1. The zero-order valence-electron chi connectivity index (χ0n) is 11.8. The summed E-state index contributed by atoms with van der Waals surface area (Å²) in [5, 5.41) is 12.0. The number of carbonyl (C=O) groups is 1. The van der Waals surface area contributed by atoms with Crippen molar-refractivity contribution in [2.24, 2.45) is 7.05 Å². The van der Waals surface area contributed by atoms with E-state index < -0.39 is 5.60 Å². The Labute approximate surface area is 117 Å². The third kappa shape index (κ3) is 1.82. The number of hydrogen-bond donors (Lipinski definition) is 1. The molecule has 0 radical (unpaired) electrons. The van der Waals surface area contributed by atoms with Crippen LogP contribution in [0.1, 0.15) is 24.2 Å². The number of para-hydroxylation sites is 1. The third-order valence-corrected chi connectivity index (χ3v) is 3.73. The van der Waals surface area contributed by atoms with E-state index in [1.807, 2.05) is 31.3 Å². The molecular formula is C17H17NO2. The Kier molecular flexibility index (Phi) is 2.69. The van der Waals surface area contributed by atoms with Crippen LogP contribution in [0.3, 0.4) is 0 Å². The molecule has 0 bridgehead atoms. The van der Waals surface area contributed by atoms with Crippen molar-refractivity contribution in [3.05, 3.63) is 48.0 Å². The Morgan fingerprint density at radius 2 is 1.70 bits per heavy atom. The number of aryl methyl sites for hydroxylation is 1. The first-order valence-electron chi connectivity index (χ1n) is 6.64. The van der Waals surface area contributed by atoms with Gasteiger partial charge in [-0.3, -0.25) is 4.79 Å². The Morgan fingerprint density at radius 1 is 1.05 bits per heavy atom. The summed E-state index contributed by atoms with van der Waals surface area (Å²) in [4.78, 5) is 12.2. The van der Waals surface area contributed by atoms with Crippen molar-refractivity contribution in [3.63, 3.8) is 0 Å². The van der Waals surface area contributed by atoms with Crippen LogP contribution in [0, 0.1) is 0 Å². The molecule has 0 unspecified atom stereocenters. The molecule has 102 valence electrons. The molecule has 3 nitrogen and oxygen atoms in total. The number of ketones is 1. The zero-order chi connectivity index (χ0) is 14.5. The van der Waals surface area contributed by atoms with Crippen LogP contribution >= 0.6 is 0 Å². The lowest BCUT2D eigenvalue weighted by molar-refractivity contribution is 0.0488. The average molecular weight is 267 g/mol. The molecule has 0 fully saturated rings. The van der Waals surface area contributed by atoms with Crippen molar-refractivity contribution < 1.29 is 9.90 Å². The third-order valence-electron chi connectivity index (χ3n) is 3.73. The predicted molar refractivity (Wildman–Crippen MR) is 81.1 cm³/mol. The number of fused-ring (bicyclic) bond motifs is 3. The summed E-state index contributed by atoms with van der Waals surface area (Å²) in [6.45, 7) is 3.03. The van der Waals surface area contributed by atoms with E-state index in [1.165, 1.54) is 13.8 Å². The highest BCUT2D eigenvalue weighted by atomic mass is 16.3. The zero-order valence-corrected chi connectivity index (χ0v) is 11.8. The Bertz CT molecular complexity index is 822. The van der Waals surface area contributed by atoms with E-state index in [9.17, 15) is 9.90 Å². The maximum absolute atomic E-state index is 12.2. The smallest absolute Gasteiger partial charge is 0.193 e. The molecule has 0 spiro atoms. The van der Waals surface area contributed by atoms with Crippen molar-refractivity contribution in [1.82, 2.24) is 4.57 Å². The lowest BCUT2D eigenvalue weighted by Crippen LogP contribution is -2.30. The minimum atomic E-state index is -1.35. The molecule has 3 rings (SSSR count). The standard InChI is InChI=1S/C17H17NO2/c1-17(2,20)16(19)11-8-9-15-13(10-11)12-6-4-5-7-14(12)18(15)3/h4-10,20H,1-3H3. The largest absolute Gasteiger partial charge is 0.382 e. The summed E-state index contributed by atoms with van der Waals surface area (Å²) >= 11 is 0. The summed E-state index contributed by atoms with van der Waals surface area (Å²) in [6, 6.07) is 13.7. The van der Waals surface area contributed by atoms with Gasteiger partial charge in [-0.2, -0.15) is 0 Å². The van der Waals surface area contributed by atoms with E-state index in [2.05, 4.69) is 16.7 Å². The van der Waals surface area contributed by atoms with Crippen LogP contribution in [0.2, 0.25) is 0 Å². The van der Waals surface area contributed by atoms with E-state index in [0.29, 0.717) is 5.56 Å². The van der Waals surface area contributed by atoms with Crippen LogP contribution in [-0.4, -0.2) is 21.1 Å². The maximum Gasteiger partial charge on any atom is 0.193 e. The Hall–Kier alpha value is -2.13. The predicted octanol–water partition coefficient (Wildman–Crippen LogP) is 3.29. The molecule has 0 atom stereocenters. The lowest BCUT2D eigenvalue weighted by Gasteiger charge is -2.15. The highest BCUT2D eigenvalue weighted by molar-refractivity contribution is 6.12. The van der Waals surface area contributed by atoms with Crippen LogP contribution < -0.4 is 0 Å². The van der Waals surface area contributed by atoms with Crippen molar-refractivity contribution in [1.29, 1.82) is 0 Å². The molecule has 1 heterocycles. The van der Waals surface area contributed by atoms with Crippen molar-refractivity contribution in [3.8, 4) is 0 Å². The van der Waals surface area contributed by atoms with E-state index in [0.717, 1.165) is 21.8 Å². The minimum absolute atomic E-state index is 0.257. The lowest BCUT2D eigenvalue weighted by atomic mass is 9.95. The monoisotopic (exact) mass is 267 g/mol. The molecule has 20 heavy (non-hydrogen) atoms. The quantitative estimate of drug-likeness (QED) is 0.724. The van der Waals surface area contributed by atoms with Gasteiger partial charge in [-0.15, -0.1) is 0 Å². The van der Waals surface area contributed by atoms with Gasteiger partial charge in [0.05, 0.1) is 0 Å². The topological polar surface area (TPSA) is 42.2 Å². The van der Waals surface area contributed by atoms with Crippen molar-refractivity contribution in [2.45, 2.75) is 19.4 Å². The summed E-state index contributed by atoms with van der Waals surface area (Å²) in [7, 11) is 2.02. The summed E-state index contributed by atoms with van der Waals surface area (Å²) in [6.07, 6.45) is 0. The second kappa shape index (κ2) is 4.18. The highest BCUT2D eigenvalue weighted by Gasteiger charge is 2.25. The molecule has 1 aromatic heterocycles. The second-order valence-electron chi connectivity index (χ2n) is 5.70. The molecule has 1 N–H and O–H groups in total. The summed E-state index contributed by atoms with van der Waals surface area (Å²) in [5.41, 5.74) is 1.41. The van der Waals surface area contributed by atoms with Gasteiger partial charge in [0.2, 0.25) is 0 Å². The van der Waals surface area contributed by atoms with E-state index >= 15 is 0 Å². The SMILES string of the molecule is Cn1c2ccccc2c2cc(C(=O)C(C)(C)O)ccc21. The summed E-state index contributed by atoms with van der Waals surface area (Å²) < 4.78 is 2.11. The van der Waals surface area contributed by atoms with Crippen LogP contribution in [0.5, 0.6) is 0 Å². The van der Waals surface area contributed by atoms with E-state index in [4.69, 9.17) is 0 Å². The van der Waals surface area contributed by atoms with Gasteiger partial charge in [0.15, 0.2) is 5.78 Å². The molecular weight excluding hydrogens is 250 g/mol. The number of aliphatic hydroxyl groups is 1. The van der Waals surface area contributed by atoms with Crippen LogP contribution in [0.4, 0.5) is 0 Å². The van der Waals surface area contributed by atoms with Gasteiger partial charge in [-0.05, 0) is 38.1 Å². The first-order valence-corrected chi connectivity index (χ1v) is 6.64. The van der Waals surface area contributed by atoms with Crippen molar-refractivity contribution in [2.75, 3.05) is 0 Å². The van der Waals surface area contributed by atoms with Crippen LogP contribution in [0.15, 0.2) is 42.5 Å². The normalized spacial score (nSPS) is 12.2. The first-order chi connectivity index (χ1) is 9.39. The number of aromatic nitrogens is 1. The Morgan fingerprint density at radius 3 is 2.40 bits per heavy atom. The fourth-order valence-electron chi connectivity index (χ4n) is 2.66. The van der Waals surface area contributed by atoms with Gasteiger partial charge in [0, 0.05) is 34.4 Å². The van der Waals surface area contributed by atoms with Gasteiger partial charge in [0.1, 0.15) is 5.60 Å². The minimum Gasteiger partial charge on any atom is -0.382 e. The fraction of sp³-hybridized carbons (Fsp3) is 0.235. The van der Waals surface area contributed by atoms with Crippen LogP contribution in [0.25, 0.3) is 21.8 Å². The molecule has 0 aliphatic carbocycles. The molecule has 3 heteroatoms. The van der Waals surface area contributed by atoms with Gasteiger partial charge >= 0.3 is 0 Å². The number of carbonyl (C=O) groups excluding carboxylic acids is 1. The molecule has 0 amide bonds. The van der Waals surface area contributed by atoms with Gasteiger partial charge < -0.3 is 9.67 Å². The van der Waals surface area contributed by atoms with Crippen LogP contribution in [-0.2, 0) is 7.05 Å². The Balaban J connectivity index is 2.31. The number of Topliss-reactive ketones (excluding diaryl/α,β-unsaturated/α-hetero) is 1. The second-order valence-corrected chi connectivity index (χ2v) is 5.70. The first kappa shape index (κ1) is 12.9. The van der Waals surface area contributed by atoms with Gasteiger partial charge in [0.25, 0.3) is 0 Å². The summed E-state index contributed by atoms with van der Waals surface area (Å²) in [5.74, 6) is -0.257. The highest BCUT2D eigenvalue weighted by Crippen LogP contribution is 2.29. The molecule has 0 saturated heterocycles. The molecule has 0 saturated carbocycles. The van der Waals surface area contributed by atoms with Crippen molar-refractivity contribution >= 4 is 27.6 Å². The van der Waals surface area contributed by atoms with E-state index in [-0.39, 0.29) is 5.78 Å². The molecule has 0 aliphatic rings. The fourth-order valence-corrected chi connectivity index (χ4v) is 2.66. The molecule has 3 aromatic rings. The van der Waals surface area contributed by atoms with Gasteiger partial charge in [-0.1, -0.05) is 18.2 Å².